The second-order valence-corrected chi connectivity index (χ2v) is 5.44. The quantitative estimate of drug-likeness (QED) is 0.771. The fourth-order valence-corrected chi connectivity index (χ4v) is 2.45. The molecule has 0 atom stereocenters. The van der Waals surface area contributed by atoms with Crippen molar-refractivity contribution in [1.29, 1.82) is 0 Å². The molecule has 0 fully saturated rings. The monoisotopic (exact) mass is 309 g/mol. The summed E-state index contributed by atoms with van der Waals surface area (Å²) < 4.78 is 7.25. The summed E-state index contributed by atoms with van der Waals surface area (Å²) in [6.45, 7) is 4.79. The Morgan fingerprint density at radius 3 is 2.83 bits per heavy atom. The number of carbonyl (C=O) groups excluding carboxylic acids is 1. The maximum Gasteiger partial charge on any atom is 0.276 e. The van der Waals surface area contributed by atoms with E-state index >= 15 is 0 Å². The van der Waals surface area contributed by atoms with Crippen molar-refractivity contribution in [3.63, 3.8) is 0 Å². The second kappa shape index (κ2) is 6.52. The zero-order valence-corrected chi connectivity index (χ0v) is 13.2. The van der Waals surface area contributed by atoms with Crippen molar-refractivity contribution >= 4 is 11.6 Å². The van der Waals surface area contributed by atoms with Gasteiger partial charge in [-0.3, -0.25) is 9.48 Å². The molecular weight excluding hydrogens is 290 g/mol. The van der Waals surface area contributed by atoms with Crippen LogP contribution in [0.25, 0.3) is 11.5 Å². The van der Waals surface area contributed by atoms with E-state index in [1.165, 1.54) is 0 Å². The zero-order valence-electron chi connectivity index (χ0n) is 13.2. The first-order valence-corrected chi connectivity index (χ1v) is 7.67. The van der Waals surface area contributed by atoms with Gasteiger partial charge in [0, 0.05) is 18.3 Å². The first kappa shape index (κ1) is 15.1. The fraction of sp³-hybridized carbons (Fsp3) is 0.222. The number of anilines is 1. The summed E-state index contributed by atoms with van der Waals surface area (Å²) in [6, 6.07) is 13.1. The number of aromatic nitrogens is 2. The van der Waals surface area contributed by atoms with E-state index in [4.69, 9.17) is 4.42 Å². The number of rotatable bonds is 5. The van der Waals surface area contributed by atoms with Crippen LogP contribution in [-0.2, 0) is 6.54 Å². The van der Waals surface area contributed by atoms with Crippen molar-refractivity contribution < 1.29 is 9.21 Å². The van der Waals surface area contributed by atoms with E-state index in [1.807, 2.05) is 48.0 Å². The number of benzene rings is 1. The van der Waals surface area contributed by atoms with Gasteiger partial charge in [0.15, 0.2) is 11.5 Å². The Morgan fingerprint density at radius 2 is 2.13 bits per heavy atom. The number of nitrogens with one attached hydrogen (secondary N) is 1. The molecule has 0 spiro atoms. The van der Waals surface area contributed by atoms with Crippen LogP contribution in [0.5, 0.6) is 0 Å². The SMILES string of the molecule is CCCn1nc(C(=O)Nc2cccc(C)c2)cc1-c1ccco1. The van der Waals surface area contributed by atoms with E-state index in [9.17, 15) is 4.79 Å². The average molecular weight is 309 g/mol. The number of furan rings is 1. The fourth-order valence-electron chi connectivity index (χ4n) is 2.45. The molecule has 5 heteroatoms. The minimum absolute atomic E-state index is 0.224. The molecule has 1 amide bonds. The largest absolute Gasteiger partial charge is 0.463 e. The normalized spacial score (nSPS) is 10.7. The molecule has 3 aromatic rings. The van der Waals surface area contributed by atoms with Crippen LogP contribution in [0, 0.1) is 6.92 Å². The lowest BCUT2D eigenvalue weighted by Gasteiger charge is -2.04. The molecular formula is C18H19N3O2. The van der Waals surface area contributed by atoms with Gasteiger partial charge in [0.25, 0.3) is 5.91 Å². The Balaban J connectivity index is 1.87. The van der Waals surface area contributed by atoms with Crippen LogP contribution in [0.3, 0.4) is 0 Å². The Morgan fingerprint density at radius 1 is 1.26 bits per heavy atom. The Labute approximate surface area is 134 Å². The number of nitrogens with zero attached hydrogens (tertiary/aromatic N) is 2. The molecule has 1 aromatic carbocycles. The highest BCUT2D eigenvalue weighted by atomic mass is 16.3. The summed E-state index contributed by atoms with van der Waals surface area (Å²) in [5.74, 6) is 0.485. The zero-order chi connectivity index (χ0) is 16.2. The number of hydrogen-bond acceptors (Lipinski definition) is 3. The molecule has 0 radical (unpaired) electrons. The molecule has 118 valence electrons. The minimum Gasteiger partial charge on any atom is -0.463 e. The molecule has 0 bridgehead atoms. The molecule has 2 heterocycles. The summed E-state index contributed by atoms with van der Waals surface area (Å²) in [5, 5.41) is 7.30. The lowest BCUT2D eigenvalue weighted by Crippen LogP contribution is -2.13. The second-order valence-electron chi connectivity index (χ2n) is 5.44. The van der Waals surface area contributed by atoms with Crippen molar-refractivity contribution in [3.8, 4) is 11.5 Å². The van der Waals surface area contributed by atoms with Crippen LogP contribution < -0.4 is 5.32 Å². The molecule has 1 N–H and O–H groups in total. The topological polar surface area (TPSA) is 60.1 Å². The molecule has 23 heavy (non-hydrogen) atoms. The first-order chi connectivity index (χ1) is 11.2. The summed E-state index contributed by atoms with van der Waals surface area (Å²) >= 11 is 0. The average Bonchev–Trinajstić information content (AvgIpc) is 3.16. The Kier molecular flexibility index (Phi) is 4.28. The molecule has 0 aliphatic carbocycles. The molecule has 0 aliphatic heterocycles. The van der Waals surface area contributed by atoms with Gasteiger partial charge in [-0.2, -0.15) is 5.10 Å². The molecule has 3 rings (SSSR count). The van der Waals surface area contributed by atoms with Crippen LogP contribution in [0.15, 0.2) is 53.1 Å². The predicted molar refractivity (Wildman–Crippen MR) is 89.4 cm³/mol. The number of amides is 1. The maximum atomic E-state index is 12.4. The summed E-state index contributed by atoms with van der Waals surface area (Å²) in [5.41, 5.74) is 3.05. The van der Waals surface area contributed by atoms with Gasteiger partial charge >= 0.3 is 0 Å². The Bertz CT molecular complexity index is 804. The Hall–Kier alpha value is -2.82. The van der Waals surface area contributed by atoms with Gasteiger partial charge in [0.2, 0.25) is 0 Å². The standard InChI is InChI=1S/C18H19N3O2/c1-3-9-21-16(17-8-5-10-23-17)12-15(20-21)18(22)19-14-7-4-6-13(2)11-14/h4-8,10-12H,3,9H2,1-2H3,(H,19,22). The highest BCUT2D eigenvalue weighted by Crippen LogP contribution is 2.22. The van der Waals surface area contributed by atoms with E-state index < -0.39 is 0 Å². The number of hydrogen-bond donors (Lipinski definition) is 1. The van der Waals surface area contributed by atoms with Crippen LogP contribution in [0.2, 0.25) is 0 Å². The van der Waals surface area contributed by atoms with Crippen LogP contribution >= 0.6 is 0 Å². The maximum absolute atomic E-state index is 12.4. The lowest BCUT2D eigenvalue weighted by atomic mass is 10.2. The number of carbonyl (C=O) groups is 1. The third-order valence-electron chi connectivity index (χ3n) is 3.50. The van der Waals surface area contributed by atoms with Crippen LogP contribution in [0.4, 0.5) is 5.69 Å². The van der Waals surface area contributed by atoms with Gasteiger partial charge in [-0.25, -0.2) is 0 Å². The molecule has 0 unspecified atom stereocenters. The van der Waals surface area contributed by atoms with E-state index in [0.717, 1.165) is 29.9 Å². The van der Waals surface area contributed by atoms with E-state index in [0.29, 0.717) is 11.5 Å². The summed E-state index contributed by atoms with van der Waals surface area (Å²) in [6.07, 6.45) is 2.54. The predicted octanol–water partition coefficient (Wildman–Crippen LogP) is 4.11. The van der Waals surface area contributed by atoms with E-state index in [1.54, 1.807) is 12.3 Å². The van der Waals surface area contributed by atoms with E-state index in [2.05, 4.69) is 17.3 Å². The molecule has 5 nitrogen and oxygen atoms in total. The summed E-state index contributed by atoms with van der Waals surface area (Å²) in [7, 11) is 0. The molecule has 0 saturated carbocycles. The van der Waals surface area contributed by atoms with Gasteiger partial charge < -0.3 is 9.73 Å². The minimum atomic E-state index is -0.224. The van der Waals surface area contributed by atoms with Crippen molar-refractivity contribution in [1.82, 2.24) is 9.78 Å². The van der Waals surface area contributed by atoms with Gasteiger partial charge in [-0.05, 0) is 43.2 Å². The smallest absolute Gasteiger partial charge is 0.276 e. The van der Waals surface area contributed by atoms with Crippen LogP contribution in [-0.4, -0.2) is 15.7 Å². The summed E-state index contributed by atoms with van der Waals surface area (Å²) in [4.78, 5) is 12.4. The lowest BCUT2D eigenvalue weighted by molar-refractivity contribution is 0.102. The highest BCUT2D eigenvalue weighted by molar-refractivity contribution is 6.03. The van der Waals surface area contributed by atoms with Crippen molar-refractivity contribution in [2.75, 3.05) is 5.32 Å². The molecule has 2 aromatic heterocycles. The number of aryl methyl sites for hydroxylation is 2. The highest BCUT2D eigenvalue weighted by Gasteiger charge is 2.17. The van der Waals surface area contributed by atoms with Gasteiger partial charge in [0.1, 0.15) is 5.69 Å². The van der Waals surface area contributed by atoms with Crippen molar-refractivity contribution in [2.45, 2.75) is 26.8 Å². The van der Waals surface area contributed by atoms with Gasteiger partial charge in [-0.1, -0.05) is 19.1 Å². The van der Waals surface area contributed by atoms with E-state index in [-0.39, 0.29) is 5.91 Å². The third-order valence-corrected chi connectivity index (χ3v) is 3.50. The van der Waals surface area contributed by atoms with Crippen molar-refractivity contribution in [3.05, 3.63) is 60.0 Å². The third kappa shape index (κ3) is 3.34. The van der Waals surface area contributed by atoms with Crippen LogP contribution in [0.1, 0.15) is 29.4 Å². The molecule has 0 aliphatic rings. The van der Waals surface area contributed by atoms with Crippen molar-refractivity contribution in [2.24, 2.45) is 0 Å². The van der Waals surface area contributed by atoms with Gasteiger partial charge in [-0.15, -0.1) is 0 Å². The first-order valence-electron chi connectivity index (χ1n) is 7.67. The van der Waals surface area contributed by atoms with Gasteiger partial charge in [0.05, 0.1) is 6.26 Å². The molecule has 0 saturated heterocycles.